The van der Waals surface area contributed by atoms with Gasteiger partial charge in [0.1, 0.15) is 6.54 Å². The zero-order chi connectivity index (χ0) is 19.9. The van der Waals surface area contributed by atoms with Crippen molar-refractivity contribution in [2.24, 2.45) is 0 Å². The third-order valence-corrected chi connectivity index (χ3v) is 5.24. The largest absolute Gasteiger partial charge is 0.372 e. The third-order valence-electron chi connectivity index (χ3n) is 5.24. The second-order valence-corrected chi connectivity index (χ2v) is 7.40. The average Bonchev–Trinajstić information content (AvgIpc) is 2.73. The summed E-state index contributed by atoms with van der Waals surface area (Å²) in [7, 11) is 1.77. The molecule has 0 aromatic heterocycles. The maximum Gasteiger partial charge on any atom is 0.242 e. The SMILES string of the molecule is CC(=O)N(CC(=O)N(C)Cc1ccccc1)c1ccc(N2CCCCC2)cc1. The fraction of sp³-hybridized carbons (Fsp3) is 0.391. The second kappa shape index (κ2) is 9.40. The number of benzene rings is 2. The van der Waals surface area contributed by atoms with Gasteiger partial charge in [-0.05, 0) is 49.1 Å². The van der Waals surface area contributed by atoms with E-state index in [1.165, 1.54) is 31.9 Å². The van der Waals surface area contributed by atoms with Gasteiger partial charge in [0.15, 0.2) is 0 Å². The molecule has 0 saturated carbocycles. The molecule has 2 aromatic rings. The van der Waals surface area contributed by atoms with E-state index < -0.39 is 0 Å². The van der Waals surface area contributed by atoms with E-state index in [0.717, 1.165) is 24.3 Å². The molecule has 2 aromatic carbocycles. The van der Waals surface area contributed by atoms with Crippen LogP contribution in [0.5, 0.6) is 0 Å². The number of rotatable bonds is 6. The molecule has 1 aliphatic rings. The van der Waals surface area contributed by atoms with Crippen LogP contribution in [0.1, 0.15) is 31.7 Å². The highest BCUT2D eigenvalue weighted by Crippen LogP contribution is 2.24. The van der Waals surface area contributed by atoms with Gasteiger partial charge in [-0.1, -0.05) is 30.3 Å². The van der Waals surface area contributed by atoms with Crippen LogP contribution in [0.25, 0.3) is 0 Å². The maximum atomic E-state index is 12.7. The lowest BCUT2D eigenvalue weighted by Crippen LogP contribution is -2.40. The van der Waals surface area contributed by atoms with Gasteiger partial charge in [0.25, 0.3) is 0 Å². The van der Waals surface area contributed by atoms with E-state index in [2.05, 4.69) is 17.0 Å². The molecule has 148 valence electrons. The molecule has 0 bridgehead atoms. The van der Waals surface area contributed by atoms with Crippen molar-refractivity contribution < 1.29 is 9.59 Å². The number of carbonyl (C=O) groups is 2. The number of anilines is 2. The molecule has 28 heavy (non-hydrogen) atoms. The molecule has 5 heteroatoms. The smallest absolute Gasteiger partial charge is 0.242 e. The first kappa shape index (κ1) is 19.9. The molecule has 0 N–H and O–H groups in total. The van der Waals surface area contributed by atoms with E-state index >= 15 is 0 Å². The van der Waals surface area contributed by atoms with Crippen LogP contribution in [-0.4, -0.2) is 43.4 Å². The number of hydrogen-bond acceptors (Lipinski definition) is 3. The summed E-state index contributed by atoms with van der Waals surface area (Å²) in [4.78, 5) is 30.5. The number of carbonyl (C=O) groups excluding carboxylic acids is 2. The van der Waals surface area contributed by atoms with E-state index in [0.29, 0.717) is 6.54 Å². The second-order valence-electron chi connectivity index (χ2n) is 7.40. The molecule has 1 saturated heterocycles. The quantitative estimate of drug-likeness (QED) is 0.769. The maximum absolute atomic E-state index is 12.7. The highest BCUT2D eigenvalue weighted by molar-refractivity contribution is 5.97. The van der Waals surface area contributed by atoms with E-state index in [1.54, 1.807) is 16.8 Å². The molecule has 3 rings (SSSR count). The van der Waals surface area contributed by atoms with Crippen molar-refractivity contribution >= 4 is 23.2 Å². The Bertz CT molecular complexity index is 783. The molecule has 1 fully saturated rings. The van der Waals surface area contributed by atoms with Crippen LogP contribution in [0, 0.1) is 0 Å². The van der Waals surface area contributed by atoms with Crippen LogP contribution in [0.15, 0.2) is 54.6 Å². The van der Waals surface area contributed by atoms with E-state index in [-0.39, 0.29) is 18.4 Å². The van der Waals surface area contributed by atoms with Crippen molar-refractivity contribution in [1.29, 1.82) is 0 Å². The summed E-state index contributed by atoms with van der Waals surface area (Å²) in [6.07, 6.45) is 3.75. The van der Waals surface area contributed by atoms with Crippen molar-refractivity contribution in [3.63, 3.8) is 0 Å². The van der Waals surface area contributed by atoms with E-state index in [4.69, 9.17) is 0 Å². The predicted octanol–water partition coefficient (Wildman–Crippen LogP) is 3.69. The van der Waals surface area contributed by atoms with Gasteiger partial charge in [0.05, 0.1) is 0 Å². The van der Waals surface area contributed by atoms with Crippen LogP contribution in [0.2, 0.25) is 0 Å². The van der Waals surface area contributed by atoms with Gasteiger partial charge in [0.2, 0.25) is 11.8 Å². The molecule has 2 amide bonds. The summed E-state index contributed by atoms with van der Waals surface area (Å²) in [5, 5.41) is 0. The zero-order valence-electron chi connectivity index (χ0n) is 16.8. The summed E-state index contributed by atoms with van der Waals surface area (Å²) < 4.78 is 0. The van der Waals surface area contributed by atoms with Crippen LogP contribution < -0.4 is 9.80 Å². The monoisotopic (exact) mass is 379 g/mol. The molecule has 0 atom stereocenters. The highest BCUT2D eigenvalue weighted by Gasteiger charge is 2.19. The molecule has 1 aliphatic heterocycles. The third kappa shape index (κ3) is 5.12. The standard InChI is InChI=1S/C23H29N3O2/c1-19(27)26(18-23(28)24(2)17-20-9-5-3-6-10-20)22-13-11-21(12-14-22)25-15-7-4-8-16-25/h3,5-6,9-14H,4,7-8,15-18H2,1-2H3. The first-order valence-corrected chi connectivity index (χ1v) is 9.95. The summed E-state index contributed by atoms with van der Waals surface area (Å²) in [5.74, 6) is -0.216. The Hall–Kier alpha value is -2.82. The topological polar surface area (TPSA) is 43.9 Å². The van der Waals surface area contributed by atoms with Gasteiger partial charge in [0, 0.05) is 45.0 Å². The van der Waals surface area contributed by atoms with E-state index in [1.807, 2.05) is 42.5 Å². The molecule has 5 nitrogen and oxygen atoms in total. The first-order chi connectivity index (χ1) is 13.5. The highest BCUT2D eigenvalue weighted by atomic mass is 16.2. The number of piperidine rings is 1. The van der Waals surface area contributed by atoms with Crippen molar-refractivity contribution in [1.82, 2.24) is 4.90 Å². The molecular formula is C23H29N3O2. The Labute approximate surface area is 167 Å². The number of hydrogen-bond donors (Lipinski definition) is 0. The van der Waals surface area contributed by atoms with Crippen molar-refractivity contribution in [3.8, 4) is 0 Å². The van der Waals surface area contributed by atoms with Crippen LogP contribution in [0.4, 0.5) is 11.4 Å². The van der Waals surface area contributed by atoms with Crippen LogP contribution in [0.3, 0.4) is 0 Å². The fourth-order valence-electron chi connectivity index (χ4n) is 3.58. The predicted molar refractivity (Wildman–Crippen MR) is 113 cm³/mol. The Morgan fingerprint density at radius 2 is 1.57 bits per heavy atom. The van der Waals surface area contributed by atoms with E-state index in [9.17, 15) is 9.59 Å². The first-order valence-electron chi connectivity index (χ1n) is 9.95. The van der Waals surface area contributed by atoms with Crippen molar-refractivity contribution in [3.05, 3.63) is 60.2 Å². The fourth-order valence-corrected chi connectivity index (χ4v) is 3.58. The normalized spacial score (nSPS) is 13.9. The average molecular weight is 380 g/mol. The minimum Gasteiger partial charge on any atom is -0.372 e. The van der Waals surface area contributed by atoms with Gasteiger partial charge in [-0.3, -0.25) is 9.59 Å². The molecule has 0 aliphatic carbocycles. The Kier molecular flexibility index (Phi) is 6.69. The van der Waals surface area contributed by atoms with Gasteiger partial charge >= 0.3 is 0 Å². The molecule has 1 heterocycles. The summed E-state index contributed by atoms with van der Waals surface area (Å²) in [6, 6.07) is 17.8. The van der Waals surface area contributed by atoms with Gasteiger partial charge in [-0.25, -0.2) is 0 Å². The minimum atomic E-state index is -0.132. The summed E-state index contributed by atoms with van der Waals surface area (Å²) in [5.41, 5.74) is 3.01. The van der Waals surface area contributed by atoms with Crippen molar-refractivity contribution in [2.45, 2.75) is 32.7 Å². The van der Waals surface area contributed by atoms with Crippen molar-refractivity contribution in [2.75, 3.05) is 36.5 Å². The lowest BCUT2D eigenvalue weighted by molar-refractivity contribution is -0.130. The van der Waals surface area contributed by atoms with Crippen LogP contribution in [-0.2, 0) is 16.1 Å². The lowest BCUT2D eigenvalue weighted by Gasteiger charge is -2.29. The number of amides is 2. The Balaban J connectivity index is 1.65. The minimum absolute atomic E-state index is 0.0434. The molecular weight excluding hydrogens is 350 g/mol. The van der Waals surface area contributed by atoms with Gasteiger partial charge in [-0.2, -0.15) is 0 Å². The van der Waals surface area contributed by atoms with Crippen LogP contribution >= 0.6 is 0 Å². The summed E-state index contributed by atoms with van der Waals surface area (Å²) in [6.45, 7) is 4.24. The number of nitrogens with zero attached hydrogens (tertiary/aromatic N) is 3. The summed E-state index contributed by atoms with van der Waals surface area (Å²) >= 11 is 0. The van der Waals surface area contributed by atoms with Gasteiger partial charge in [-0.15, -0.1) is 0 Å². The number of likely N-dealkylation sites (N-methyl/N-ethyl adjacent to an activating group) is 1. The molecule has 0 spiro atoms. The molecule has 0 radical (unpaired) electrons. The zero-order valence-corrected chi connectivity index (χ0v) is 16.8. The Morgan fingerprint density at radius 1 is 0.929 bits per heavy atom. The van der Waals surface area contributed by atoms with Gasteiger partial charge < -0.3 is 14.7 Å². The Morgan fingerprint density at radius 3 is 2.18 bits per heavy atom. The molecule has 0 unspecified atom stereocenters. The lowest BCUT2D eigenvalue weighted by atomic mass is 10.1.